The lowest BCUT2D eigenvalue weighted by Crippen LogP contribution is -2.49. The number of carbonyl (C=O) groups excluding carboxylic acids is 1. The third-order valence-electron chi connectivity index (χ3n) is 4.45. The number of carbonyl (C=O) groups is 1. The van der Waals surface area contributed by atoms with Gasteiger partial charge in [-0.2, -0.15) is 0 Å². The molecular weight excluding hydrogens is 334 g/mol. The molecule has 0 bridgehead atoms. The lowest BCUT2D eigenvalue weighted by atomic mass is 10.2. The number of benzene rings is 1. The van der Waals surface area contributed by atoms with Gasteiger partial charge in [-0.3, -0.25) is 9.69 Å². The fourth-order valence-electron chi connectivity index (χ4n) is 3.00. The molecule has 0 radical (unpaired) electrons. The van der Waals surface area contributed by atoms with Crippen molar-refractivity contribution in [2.75, 3.05) is 51.3 Å². The number of thiophene rings is 1. The molecule has 1 aliphatic rings. The van der Waals surface area contributed by atoms with Crippen LogP contribution in [0.2, 0.25) is 0 Å². The van der Waals surface area contributed by atoms with Crippen LogP contribution in [-0.2, 0) is 11.2 Å². The van der Waals surface area contributed by atoms with E-state index in [-0.39, 0.29) is 5.91 Å². The van der Waals surface area contributed by atoms with Crippen molar-refractivity contribution in [1.82, 2.24) is 10.2 Å². The highest BCUT2D eigenvalue weighted by Gasteiger charge is 2.19. The molecule has 1 fully saturated rings. The molecule has 6 heteroatoms. The highest BCUT2D eigenvalue weighted by molar-refractivity contribution is 7.09. The van der Waals surface area contributed by atoms with Gasteiger partial charge in [-0.1, -0.05) is 6.07 Å². The van der Waals surface area contributed by atoms with E-state index >= 15 is 0 Å². The minimum absolute atomic E-state index is 0.120. The van der Waals surface area contributed by atoms with Crippen molar-refractivity contribution in [3.63, 3.8) is 0 Å². The molecule has 0 spiro atoms. The van der Waals surface area contributed by atoms with Crippen LogP contribution in [0.4, 0.5) is 5.69 Å². The van der Waals surface area contributed by atoms with Crippen LogP contribution in [-0.4, -0.2) is 57.2 Å². The molecular formula is C19H25N3O2S. The first-order valence-electron chi connectivity index (χ1n) is 8.65. The normalized spacial score (nSPS) is 15.2. The lowest BCUT2D eigenvalue weighted by molar-refractivity contribution is -0.122. The Morgan fingerprint density at radius 3 is 2.56 bits per heavy atom. The Morgan fingerprint density at radius 2 is 1.92 bits per heavy atom. The van der Waals surface area contributed by atoms with Gasteiger partial charge in [-0.25, -0.2) is 0 Å². The van der Waals surface area contributed by atoms with Crippen molar-refractivity contribution in [1.29, 1.82) is 0 Å². The molecule has 1 aliphatic heterocycles. The monoisotopic (exact) mass is 359 g/mol. The van der Waals surface area contributed by atoms with Gasteiger partial charge in [-0.05, 0) is 42.1 Å². The van der Waals surface area contributed by atoms with E-state index in [2.05, 4.69) is 38.7 Å². The van der Waals surface area contributed by atoms with Gasteiger partial charge in [0.2, 0.25) is 5.91 Å². The summed E-state index contributed by atoms with van der Waals surface area (Å²) in [5.41, 5.74) is 1.21. The molecule has 25 heavy (non-hydrogen) atoms. The van der Waals surface area contributed by atoms with Gasteiger partial charge in [-0.15, -0.1) is 11.3 Å². The van der Waals surface area contributed by atoms with Crippen LogP contribution in [0, 0.1) is 0 Å². The molecule has 3 rings (SSSR count). The molecule has 5 nitrogen and oxygen atoms in total. The number of nitrogens with one attached hydrogen (secondary N) is 1. The SMILES string of the molecule is COc1ccc(N2CCN(CC(=O)NCCc3cccs3)CC2)cc1. The summed E-state index contributed by atoms with van der Waals surface area (Å²) in [6.45, 7) is 4.89. The maximum absolute atomic E-state index is 12.1. The smallest absolute Gasteiger partial charge is 0.234 e. The number of amides is 1. The predicted molar refractivity (Wildman–Crippen MR) is 103 cm³/mol. The average Bonchev–Trinajstić information content (AvgIpc) is 3.16. The maximum atomic E-state index is 12.1. The Hall–Kier alpha value is -2.05. The zero-order valence-corrected chi connectivity index (χ0v) is 15.4. The zero-order valence-electron chi connectivity index (χ0n) is 14.6. The summed E-state index contributed by atoms with van der Waals surface area (Å²) in [6, 6.07) is 12.3. The number of ether oxygens (including phenoxy) is 1. The van der Waals surface area contributed by atoms with Gasteiger partial charge < -0.3 is 15.0 Å². The van der Waals surface area contributed by atoms with Crippen molar-refractivity contribution < 1.29 is 9.53 Å². The van der Waals surface area contributed by atoms with Crippen LogP contribution >= 0.6 is 11.3 Å². The highest BCUT2D eigenvalue weighted by atomic mass is 32.1. The van der Waals surface area contributed by atoms with Gasteiger partial charge >= 0.3 is 0 Å². The van der Waals surface area contributed by atoms with Crippen LogP contribution < -0.4 is 15.0 Å². The summed E-state index contributed by atoms with van der Waals surface area (Å²) in [4.78, 5) is 18.0. The van der Waals surface area contributed by atoms with Crippen molar-refractivity contribution >= 4 is 22.9 Å². The van der Waals surface area contributed by atoms with E-state index in [1.54, 1.807) is 18.4 Å². The number of anilines is 1. The summed E-state index contributed by atoms with van der Waals surface area (Å²) in [6.07, 6.45) is 0.911. The largest absolute Gasteiger partial charge is 0.497 e. The van der Waals surface area contributed by atoms with E-state index < -0.39 is 0 Å². The molecule has 134 valence electrons. The molecule has 1 saturated heterocycles. The van der Waals surface area contributed by atoms with Crippen LogP contribution in [0.1, 0.15) is 4.88 Å². The standard InChI is InChI=1S/C19H25N3O2S/c1-24-17-6-4-16(5-7-17)22-12-10-21(11-13-22)15-19(23)20-9-8-18-3-2-14-25-18/h2-7,14H,8-13,15H2,1H3,(H,20,23). The fourth-order valence-corrected chi connectivity index (χ4v) is 3.71. The van der Waals surface area contributed by atoms with Crippen molar-refractivity contribution in [2.24, 2.45) is 0 Å². The van der Waals surface area contributed by atoms with Gasteiger partial charge in [0, 0.05) is 43.3 Å². The Kier molecular flexibility index (Phi) is 6.30. The Morgan fingerprint density at radius 1 is 1.16 bits per heavy atom. The molecule has 1 aromatic heterocycles. The minimum Gasteiger partial charge on any atom is -0.497 e. The quantitative estimate of drug-likeness (QED) is 0.823. The fraction of sp³-hybridized carbons (Fsp3) is 0.421. The number of rotatable bonds is 7. The minimum atomic E-state index is 0.120. The van der Waals surface area contributed by atoms with Crippen molar-refractivity contribution in [2.45, 2.75) is 6.42 Å². The van der Waals surface area contributed by atoms with E-state index in [4.69, 9.17) is 4.74 Å². The van der Waals surface area contributed by atoms with Crippen LogP contribution in [0.15, 0.2) is 41.8 Å². The Labute approximate surface area is 153 Å². The molecule has 0 saturated carbocycles. The predicted octanol–water partition coefficient (Wildman–Crippen LogP) is 2.24. The highest BCUT2D eigenvalue weighted by Crippen LogP contribution is 2.20. The third kappa shape index (κ3) is 5.21. The molecule has 1 aromatic carbocycles. The molecule has 0 aliphatic carbocycles. The first-order valence-corrected chi connectivity index (χ1v) is 9.53. The van der Waals surface area contributed by atoms with Crippen LogP contribution in [0.25, 0.3) is 0 Å². The molecule has 0 atom stereocenters. The second-order valence-electron chi connectivity index (χ2n) is 6.14. The molecule has 1 amide bonds. The second kappa shape index (κ2) is 8.87. The van der Waals surface area contributed by atoms with Gasteiger partial charge in [0.25, 0.3) is 0 Å². The topological polar surface area (TPSA) is 44.8 Å². The number of methoxy groups -OCH3 is 1. The van der Waals surface area contributed by atoms with E-state index in [1.807, 2.05) is 18.2 Å². The third-order valence-corrected chi connectivity index (χ3v) is 5.39. The molecule has 2 heterocycles. The van der Waals surface area contributed by atoms with E-state index in [0.717, 1.165) is 38.3 Å². The number of piperazine rings is 1. The van der Waals surface area contributed by atoms with Gasteiger partial charge in [0.05, 0.1) is 13.7 Å². The van der Waals surface area contributed by atoms with E-state index in [0.29, 0.717) is 13.1 Å². The van der Waals surface area contributed by atoms with E-state index in [9.17, 15) is 4.79 Å². The van der Waals surface area contributed by atoms with E-state index in [1.165, 1.54) is 10.6 Å². The summed E-state index contributed by atoms with van der Waals surface area (Å²) in [5.74, 6) is 0.996. The Balaban J connectivity index is 1.37. The summed E-state index contributed by atoms with van der Waals surface area (Å²) < 4.78 is 5.20. The summed E-state index contributed by atoms with van der Waals surface area (Å²) in [7, 11) is 1.68. The molecule has 1 N–H and O–H groups in total. The first kappa shape index (κ1) is 17.8. The number of hydrogen-bond acceptors (Lipinski definition) is 5. The zero-order chi connectivity index (χ0) is 17.5. The van der Waals surface area contributed by atoms with Crippen LogP contribution in [0.3, 0.4) is 0 Å². The van der Waals surface area contributed by atoms with Crippen LogP contribution in [0.5, 0.6) is 5.75 Å². The van der Waals surface area contributed by atoms with Gasteiger partial charge in [0.1, 0.15) is 5.75 Å². The van der Waals surface area contributed by atoms with Crippen molar-refractivity contribution in [3.05, 3.63) is 46.7 Å². The summed E-state index contributed by atoms with van der Waals surface area (Å²) >= 11 is 1.74. The first-order chi connectivity index (χ1) is 12.2. The Bertz CT molecular complexity index is 650. The average molecular weight is 359 g/mol. The second-order valence-corrected chi connectivity index (χ2v) is 7.17. The van der Waals surface area contributed by atoms with Crippen molar-refractivity contribution in [3.8, 4) is 5.75 Å². The summed E-state index contributed by atoms with van der Waals surface area (Å²) in [5, 5.41) is 5.09. The van der Waals surface area contributed by atoms with Gasteiger partial charge in [0.15, 0.2) is 0 Å². The number of hydrogen-bond donors (Lipinski definition) is 1. The number of nitrogens with zero attached hydrogens (tertiary/aromatic N) is 2. The lowest BCUT2D eigenvalue weighted by Gasteiger charge is -2.35. The maximum Gasteiger partial charge on any atom is 0.234 e. The molecule has 0 unspecified atom stereocenters. The molecule has 2 aromatic rings.